The molecule has 56 valence electrons. The molecule has 0 aromatic heterocycles. The van der Waals surface area contributed by atoms with Crippen LogP contribution < -0.4 is 0 Å². The minimum atomic E-state index is 0.730. The Bertz CT molecular complexity index is 156. The van der Waals surface area contributed by atoms with Gasteiger partial charge in [0.25, 0.3) is 0 Å². The number of nitrogens with zero attached hydrogens (tertiary/aromatic N) is 1. The van der Waals surface area contributed by atoms with Crippen molar-refractivity contribution in [2.24, 2.45) is 10.9 Å². The predicted molar refractivity (Wildman–Crippen MR) is 43.5 cm³/mol. The number of hydrogen-bond donors (Lipinski definition) is 0. The first-order valence-corrected chi connectivity index (χ1v) is 4.39. The molecule has 0 aromatic rings. The molecule has 0 saturated heterocycles. The first-order valence-electron chi connectivity index (χ1n) is 4.39. The Kier molecular flexibility index (Phi) is 1.51. The monoisotopic (exact) mass is 137 g/mol. The van der Waals surface area contributed by atoms with E-state index in [0.29, 0.717) is 0 Å². The summed E-state index contributed by atoms with van der Waals surface area (Å²) in [6, 6.07) is 0.730. The van der Waals surface area contributed by atoms with E-state index in [1.54, 1.807) is 0 Å². The molecule has 1 saturated carbocycles. The molecule has 10 heavy (non-hydrogen) atoms. The molecule has 1 fully saturated rings. The summed E-state index contributed by atoms with van der Waals surface area (Å²) in [5, 5.41) is 0. The van der Waals surface area contributed by atoms with E-state index in [1.807, 2.05) is 0 Å². The number of aliphatic imine (C=N–C) groups is 1. The van der Waals surface area contributed by atoms with Gasteiger partial charge in [-0.25, -0.2) is 0 Å². The summed E-state index contributed by atoms with van der Waals surface area (Å²) in [5.74, 6) is 0.982. The molecule has 0 aromatic carbocycles. The lowest BCUT2D eigenvalue weighted by atomic mass is 10.0. The largest absolute Gasteiger partial charge is 0.291 e. The van der Waals surface area contributed by atoms with E-state index in [-0.39, 0.29) is 0 Å². The Hall–Kier alpha value is -0.330. The van der Waals surface area contributed by atoms with E-state index in [4.69, 9.17) is 0 Å². The molecule has 1 nitrogen and oxygen atoms in total. The van der Waals surface area contributed by atoms with Crippen LogP contribution in [0.3, 0.4) is 0 Å². The molecule has 0 N–H and O–H groups in total. The summed E-state index contributed by atoms with van der Waals surface area (Å²) in [6.45, 7) is 2.18. The van der Waals surface area contributed by atoms with Crippen LogP contribution in [0.25, 0.3) is 0 Å². The smallest absolute Gasteiger partial charge is 0.0527 e. The molecule has 0 spiro atoms. The van der Waals surface area contributed by atoms with Crippen molar-refractivity contribution >= 4 is 5.71 Å². The van der Waals surface area contributed by atoms with Crippen LogP contribution in [0.4, 0.5) is 0 Å². The van der Waals surface area contributed by atoms with Gasteiger partial charge >= 0.3 is 0 Å². The Morgan fingerprint density at radius 1 is 1.30 bits per heavy atom. The van der Waals surface area contributed by atoms with Crippen LogP contribution in [0.2, 0.25) is 0 Å². The highest BCUT2D eigenvalue weighted by Crippen LogP contribution is 2.37. The molecule has 1 heteroatoms. The lowest BCUT2D eigenvalue weighted by molar-refractivity contribution is 0.516. The van der Waals surface area contributed by atoms with Gasteiger partial charge in [-0.1, -0.05) is 0 Å². The van der Waals surface area contributed by atoms with Gasteiger partial charge in [0.2, 0.25) is 0 Å². The van der Waals surface area contributed by atoms with Crippen LogP contribution in [-0.2, 0) is 0 Å². The zero-order chi connectivity index (χ0) is 6.97. The molecule has 1 unspecified atom stereocenters. The van der Waals surface area contributed by atoms with E-state index >= 15 is 0 Å². The van der Waals surface area contributed by atoms with E-state index in [9.17, 15) is 0 Å². The van der Waals surface area contributed by atoms with Crippen LogP contribution in [0, 0.1) is 5.92 Å². The maximum Gasteiger partial charge on any atom is 0.0527 e. The normalized spacial score (nSPS) is 33.7. The third kappa shape index (κ3) is 1.23. The Balaban J connectivity index is 2.00. The molecule has 1 heterocycles. The SMILES string of the molecule is CC1=NC(C2CC2)CCC1. The molecular weight excluding hydrogens is 122 g/mol. The molecule has 0 radical (unpaired) electrons. The third-order valence-electron chi connectivity index (χ3n) is 2.59. The van der Waals surface area contributed by atoms with Crippen molar-refractivity contribution in [3.05, 3.63) is 0 Å². The molecule has 0 bridgehead atoms. The lowest BCUT2D eigenvalue weighted by Gasteiger charge is -2.17. The zero-order valence-corrected chi connectivity index (χ0v) is 6.64. The minimum Gasteiger partial charge on any atom is -0.291 e. The second-order valence-electron chi connectivity index (χ2n) is 3.66. The molecule has 2 rings (SSSR count). The summed E-state index contributed by atoms with van der Waals surface area (Å²) in [7, 11) is 0. The van der Waals surface area contributed by atoms with E-state index in [1.165, 1.54) is 37.8 Å². The van der Waals surface area contributed by atoms with Gasteiger partial charge in [0.1, 0.15) is 0 Å². The van der Waals surface area contributed by atoms with Crippen molar-refractivity contribution in [2.45, 2.75) is 45.1 Å². The van der Waals surface area contributed by atoms with Crippen molar-refractivity contribution < 1.29 is 0 Å². The van der Waals surface area contributed by atoms with Gasteiger partial charge in [0.15, 0.2) is 0 Å². The zero-order valence-electron chi connectivity index (χ0n) is 6.64. The van der Waals surface area contributed by atoms with Gasteiger partial charge in [-0.15, -0.1) is 0 Å². The fourth-order valence-corrected chi connectivity index (χ4v) is 1.80. The van der Waals surface area contributed by atoms with Gasteiger partial charge in [0, 0.05) is 5.71 Å². The maximum atomic E-state index is 4.66. The minimum absolute atomic E-state index is 0.730. The lowest BCUT2D eigenvalue weighted by Crippen LogP contribution is -2.15. The fourth-order valence-electron chi connectivity index (χ4n) is 1.80. The van der Waals surface area contributed by atoms with E-state index in [2.05, 4.69) is 11.9 Å². The summed E-state index contributed by atoms with van der Waals surface area (Å²) in [4.78, 5) is 4.66. The second kappa shape index (κ2) is 2.37. The molecule has 1 atom stereocenters. The van der Waals surface area contributed by atoms with Crippen LogP contribution in [-0.4, -0.2) is 11.8 Å². The Morgan fingerprint density at radius 3 is 2.70 bits per heavy atom. The maximum absolute atomic E-state index is 4.66. The van der Waals surface area contributed by atoms with Crippen molar-refractivity contribution in [1.82, 2.24) is 0 Å². The number of hydrogen-bond acceptors (Lipinski definition) is 1. The van der Waals surface area contributed by atoms with Crippen LogP contribution >= 0.6 is 0 Å². The third-order valence-corrected chi connectivity index (χ3v) is 2.59. The van der Waals surface area contributed by atoms with Gasteiger partial charge in [-0.3, -0.25) is 4.99 Å². The standard InChI is InChI=1S/C9H15N/c1-7-3-2-4-9(10-7)8-5-6-8/h8-9H,2-6H2,1H3. The highest BCUT2D eigenvalue weighted by atomic mass is 14.8. The van der Waals surface area contributed by atoms with Gasteiger partial charge in [-0.05, 0) is 44.9 Å². The molecule has 0 amide bonds. The van der Waals surface area contributed by atoms with Crippen LogP contribution in [0.1, 0.15) is 39.0 Å². The van der Waals surface area contributed by atoms with Crippen molar-refractivity contribution in [3.63, 3.8) is 0 Å². The van der Waals surface area contributed by atoms with Crippen LogP contribution in [0.15, 0.2) is 4.99 Å². The van der Waals surface area contributed by atoms with Crippen molar-refractivity contribution in [1.29, 1.82) is 0 Å². The quantitative estimate of drug-likeness (QED) is 0.526. The van der Waals surface area contributed by atoms with Gasteiger partial charge in [-0.2, -0.15) is 0 Å². The van der Waals surface area contributed by atoms with E-state index in [0.717, 1.165) is 12.0 Å². The number of rotatable bonds is 1. The summed E-state index contributed by atoms with van der Waals surface area (Å²) < 4.78 is 0. The Morgan fingerprint density at radius 2 is 2.10 bits per heavy atom. The first kappa shape index (κ1) is 6.38. The summed E-state index contributed by atoms with van der Waals surface area (Å²) >= 11 is 0. The Labute approximate surface area is 62.5 Å². The average Bonchev–Trinajstić information content (AvgIpc) is 2.68. The first-order chi connectivity index (χ1) is 4.86. The van der Waals surface area contributed by atoms with E-state index < -0.39 is 0 Å². The fraction of sp³-hybridized carbons (Fsp3) is 0.889. The summed E-state index contributed by atoms with van der Waals surface area (Å²) in [5.41, 5.74) is 1.39. The van der Waals surface area contributed by atoms with Crippen molar-refractivity contribution in [3.8, 4) is 0 Å². The molecule has 1 aliphatic heterocycles. The highest BCUT2D eigenvalue weighted by Gasteiger charge is 2.31. The molecular formula is C9H15N. The molecule has 2 aliphatic rings. The second-order valence-corrected chi connectivity index (χ2v) is 3.66. The summed E-state index contributed by atoms with van der Waals surface area (Å²) in [6.07, 6.45) is 6.89. The predicted octanol–water partition coefficient (Wildman–Crippen LogP) is 2.41. The van der Waals surface area contributed by atoms with Gasteiger partial charge in [0.05, 0.1) is 6.04 Å². The average molecular weight is 137 g/mol. The van der Waals surface area contributed by atoms with Crippen LogP contribution in [0.5, 0.6) is 0 Å². The topological polar surface area (TPSA) is 12.4 Å². The highest BCUT2D eigenvalue weighted by molar-refractivity contribution is 5.82. The van der Waals surface area contributed by atoms with Gasteiger partial charge < -0.3 is 0 Å². The van der Waals surface area contributed by atoms with Crippen molar-refractivity contribution in [2.75, 3.05) is 0 Å². The molecule has 1 aliphatic carbocycles.